The molecule has 1 atom stereocenters. The van der Waals surface area contributed by atoms with E-state index in [9.17, 15) is 9.90 Å². The molecule has 0 aromatic heterocycles. The Balaban J connectivity index is 2.63. The second-order valence-electron chi connectivity index (χ2n) is 3.32. The van der Waals surface area contributed by atoms with Gasteiger partial charge >= 0.3 is 5.97 Å². The lowest BCUT2D eigenvalue weighted by molar-refractivity contribution is -0.140. The van der Waals surface area contributed by atoms with Crippen molar-refractivity contribution in [2.24, 2.45) is 0 Å². The van der Waals surface area contributed by atoms with Crippen molar-refractivity contribution >= 4 is 5.97 Å². The number of ether oxygens (including phenoxy) is 1. The van der Waals surface area contributed by atoms with Crippen LogP contribution in [0.2, 0.25) is 0 Å². The zero-order valence-electron chi connectivity index (χ0n) is 7.50. The van der Waals surface area contributed by atoms with Crippen LogP contribution in [-0.4, -0.2) is 11.1 Å². The lowest BCUT2D eigenvalue weighted by atomic mass is 10.0. The van der Waals surface area contributed by atoms with Gasteiger partial charge in [0.1, 0.15) is 5.75 Å². The topological polar surface area (TPSA) is 46.5 Å². The fourth-order valence-corrected chi connectivity index (χ4v) is 1.61. The second kappa shape index (κ2) is 2.57. The monoisotopic (exact) mass is 178 g/mol. The molecule has 0 aliphatic carbocycles. The van der Waals surface area contributed by atoms with Crippen molar-refractivity contribution in [2.75, 3.05) is 0 Å². The minimum absolute atomic E-state index is 0.517. The van der Waals surface area contributed by atoms with Crippen LogP contribution in [0.5, 0.6) is 5.75 Å². The van der Waals surface area contributed by atoms with Gasteiger partial charge in [-0.05, 0) is 25.5 Å². The van der Waals surface area contributed by atoms with Gasteiger partial charge in [-0.2, -0.15) is 0 Å². The summed E-state index contributed by atoms with van der Waals surface area (Å²) in [5.41, 5.74) is 2.50. The Morgan fingerprint density at radius 2 is 2.08 bits per heavy atom. The van der Waals surface area contributed by atoms with Crippen LogP contribution >= 0.6 is 0 Å². The van der Waals surface area contributed by atoms with E-state index < -0.39 is 12.1 Å². The van der Waals surface area contributed by atoms with E-state index in [2.05, 4.69) is 0 Å². The molecule has 68 valence electrons. The molecule has 0 radical (unpaired) electrons. The predicted octanol–water partition coefficient (Wildman–Crippen LogP) is 1.26. The molecule has 1 aliphatic heterocycles. The van der Waals surface area contributed by atoms with Crippen molar-refractivity contribution in [3.8, 4) is 5.75 Å². The molecule has 0 unspecified atom stereocenters. The Labute approximate surface area is 76.0 Å². The zero-order valence-corrected chi connectivity index (χ0v) is 7.50. The third-order valence-corrected chi connectivity index (χ3v) is 2.17. The van der Waals surface area contributed by atoms with Crippen LogP contribution in [0, 0.1) is 13.8 Å². The molecular weight excluding hydrogens is 168 g/mol. The van der Waals surface area contributed by atoms with E-state index in [4.69, 9.17) is 4.74 Å². The average Bonchev–Trinajstić information content (AvgIpc) is 2.32. The first kappa shape index (κ1) is 8.26. The number of aliphatic hydroxyl groups is 1. The second-order valence-corrected chi connectivity index (χ2v) is 3.32. The predicted molar refractivity (Wildman–Crippen MR) is 46.5 cm³/mol. The number of esters is 1. The summed E-state index contributed by atoms with van der Waals surface area (Å²) >= 11 is 0. The van der Waals surface area contributed by atoms with Gasteiger partial charge in [-0.1, -0.05) is 11.6 Å². The molecule has 1 N–H and O–H groups in total. The van der Waals surface area contributed by atoms with E-state index >= 15 is 0 Å². The molecule has 3 nitrogen and oxygen atoms in total. The maximum absolute atomic E-state index is 11.0. The summed E-state index contributed by atoms with van der Waals surface area (Å²) in [7, 11) is 0. The number of carbonyl (C=O) groups is 1. The molecule has 13 heavy (non-hydrogen) atoms. The molecule has 2 rings (SSSR count). The van der Waals surface area contributed by atoms with Crippen LogP contribution in [-0.2, 0) is 4.79 Å². The van der Waals surface area contributed by atoms with E-state index in [0.717, 1.165) is 11.1 Å². The molecule has 0 spiro atoms. The number of hydrogen-bond acceptors (Lipinski definition) is 3. The molecule has 0 amide bonds. The van der Waals surface area contributed by atoms with Crippen LogP contribution in [0.25, 0.3) is 0 Å². The lowest BCUT2D eigenvalue weighted by Gasteiger charge is -2.03. The van der Waals surface area contributed by atoms with Crippen LogP contribution in [0.1, 0.15) is 22.8 Å². The first-order valence-corrected chi connectivity index (χ1v) is 4.10. The van der Waals surface area contributed by atoms with Gasteiger partial charge in [0.15, 0.2) is 6.10 Å². The lowest BCUT2D eigenvalue weighted by Crippen LogP contribution is -2.08. The molecule has 1 aromatic rings. The van der Waals surface area contributed by atoms with E-state index in [1.807, 2.05) is 19.9 Å². The molecule has 3 heteroatoms. The minimum atomic E-state index is -1.10. The summed E-state index contributed by atoms with van der Waals surface area (Å²) in [5.74, 6) is -0.0631. The number of aryl methyl sites for hydroxylation is 2. The normalized spacial score (nSPS) is 19.9. The van der Waals surface area contributed by atoms with E-state index in [1.54, 1.807) is 6.07 Å². The van der Waals surface area contributed by atoms with Crippen LogP contribution < -0.4 is 4.74 Å². The number of hydrogen-bond donors (Lipinski definition) is 1. The standard InChI is InChI=1S/C10H10O3/c1-5-3-6(2)9-7(4-5)8(11)10(12)13-9/h3-4,8,11H,1-2H3/t8-/m0/s1. The van der Waals surface area contributed by atoms with E-state index in [1.165, 1.54) is 0 Å². The molecule has 1 aliphatic rings. The largest absolute Gasteiger partial charge is 0.424 e. The smallest absolute Gasteiger partial charge is 0.345 e. The van der Waals surface area contributed by atoms with Crippen molar-refractivity contribution in [3.63, 3.8) is 0 Å². The molecule has 1 heterocycles. The zero-order chi connectivity index (χ0) is 9.59. The Morgan fingerprint density at radius 3 is 2.77 bits per heavy atom. The number of carbonyl (C=O) groups excluding carboxylic acids is 1. The van der Waals surface area contributed by atoms with Gasteiger partial charge in [-0.25, -0.2) is 4.79 Å². The van der Waals surface area contributed by atoms with Crippen molar-refractivity contribution in [1.82, 2.24) is 0 Å². The summed E-state index contributed by atoms with van der Waals surface area (Å²) in [5, 5.41) is 9.42. The molecule has 0 saturated heterocycles. The first-order chi connectivity index (χ1) is 6.09. The number of rotatable bonds is 0. The highest BCUT2D eigenvalue weighted by Gasteiger charge is 2.32. The number of fused-ring (bicyclic) bond motifs is 1. The van der Waals surface area contributed by atoms with Gasteiger partial charge in [0.05, 0.1) is 0 Å². The fourth-order valence-electron chi connectivity index (χ4n) is 1.61. The van der Waals surface area contributed by atoms with Gasteiger partial charge in [0.25, 0.3) is 0 Å². The van der Waals surface area contributed by atoms with Crippen molar-refractivity contribution < 1.29 is 14.6 Å². The Bertz CT molecular complexity index is 382. The molecule has 1 aromatic carbocycles. The molecule has 0 bridgehead atoms. The third-order valence-electron chi connectivity index (χ3n) is 2.17. The van der Waals surface area contributed by atoms with Gasteiger partial charge in [-0.3, -0.25) is 0 Å². The third kappa shape index (κ3) is 1.12. The van der Waals surface area contributed by atoms with Crippen LogP contribution in [0.4, 0.5) is 0 Å². The van der Waals surface area contributed by atoms with Crippen molar-refractivity contribution in [1.29, 1.82) is 0 Å². The van der Waals surface area contributed by atoms with Gasteiger partial charge < -0.3 is 9.84 Å². The van der Waals surface area contributed by atoms with Crippen molar-refractivity contribution in [3.05, 3.63) is 28.8 Å². The number of aliphatic hydroxyl groups excluding tert-OH is 1. The summed E-state index contributed by atoms with van der Waals surface area (Å²) < 4.78 is 4.92. The number of benzene rings is 1. The van der Waals surface area contributed by atoms with Gasteiger partial charge in [-0.15, -0.1) is 0 Å². The first-order valence-electron chi connectivity index (χ1n) is 4.10. The SMILES string of the molecule is Cc1cc(C)c2c(c1)[C@H](O)C(=O)O2. The molecule has 0 fully saturated rings. The van der Waals surface area contributed by atoms with Gasteiger partial charge in [0, 0.05) is 5.56 Å². The highest BCUT2D eigenvalue weighted by atomic mass is 16.6. The van der Waals surface area contributed by atoms with Crippen LogP contribution in [0.3, 0.4) is 0 Å². The quantitative estimate of drug-likeness (QED) is 0.480. The highest BCUT2D eigenvalue weighted by Crippen LogP contribution is 2.36. The summed E-state index contributed by atoms with van der Waals surface area (Å²) in [6.07, 6.45) is -1.10. The van der Waals surface area contributed by atoms with Gasteiger partial charge in [0.2, 0.25) is 0 Å². The summed E-state index contributed by atoms with van der Waals surface area (Å²) in [4.78, 5) is 11.0. The maximum Gasteiger partial charge on any atom is 0.345 e. The maximum atomic E-state index is 11.0. The van der Waals surface area contributed by atoms with Crippen LogP contribution in [0.15, 0.2) is 12.1 Å². The molecule has 0 saturated carbocycles. The van der Waals surface area contributed by atoms with E-state index in [0.29, 0.717) is 11.3 Å². The summed E-state index contributed by atoms with van der Waals surface area (Å²) in [6.45, 7) is 3.78. The molecular formula is C10H10O3. The Hall–Kier alpha value is -1.35. The Morgan fingerprint density at radius 1 is 1.38 bits per heavy atom. The summed E-state index contributed by atoms with van der Waals surface area (Å²) in [6, 6.07) is 3.70. The van der Waals surface area contributed by atoms with E-state index in [-0.39, 0.29) is 0 Å². The minimum Gasteiger partial charge on any atom is -0.424 e. The Kier molecular flexibility index (Phi) is 1.63. The fraction of sp³-hybridized carbons (Fsp3) is 0.300. The van der Waals surface area contributed by atoms with Crippen molar-refractivity contribution in [2.45, 2.75) is 20.0 Å². The average molecular weight is 178 g/mol. The highest BCUT2D eigenvalue weighted by molar-refractivity contribution is 5.85.